The normalized spacial score (nSPS) is 10.7. The van der Waals surface area contributed by atoms with Gasteiger partial charge in [-0.15, -0.1) is 11.8 Å². The third-order valence-electron chi connectivity index (χ3n) is 4.53. The van der Waals surface area contributed by atoms with Crippen LogP contribution in [-0.4, -0.2) is 12.2 Å². The summed E-state index contributed by atoms with van der Waals surface area (Å²) in [6, 6.07) is 36.1. The van der Waals surface area contributed by atoms with Crippen molar-refractivity contribution in [3.63, 3.8) is 0 Å². The quantitative estimate of drug-likeness (QED) is 0.147. The predicted molar refractivity (Wildman–Crippen MR) is 125 cm³/mol. The van der Waals surface area contributed by atoms with Crippen LogP contribution in [0.3, 0.4) is 0 Å². The number of hydrogen-bond donors (Lipinski definition) is 0. The Hall–Kier alpha value is -2.95. The minimum atomic E-state index is -0.349. The molecule has 0 saturated heterocycles. The van der Waals surface area contributed by atoms with Gasteiger partial charge in [0.1, 0.15) is 5.75 Å². The van der Waals surface area contributed by atoms with E-state index in [4.69, 9.17) is 4.74 Å². The minimum Gasteiger partial charge on any atom is -0.423 e. The Morgan fingerprint density at radius 2 is 1.27 bits per heavy atom. The summed E-state index contributed by atoms with van der Waals surface area (Å²) in [5, 5.41) is 0. The van der Waals surface area contributed by atoms with Gasteiger partial charge in [0.25, 0.3) is 0 Å². The van der Waals surface area contributed by atoms with Gasteiger partial charge in [0.2, 0.25) is 0 Å². The fourth-order valence-corrected chi connectivity index (χ4v) is 5.62. The molecule has 0 amide bonds. The van der Waals surface area contributed by atoms with Crippen LogP contribution in [0.5, 0.6) is 5.75 Å². The molecule has 0 saturated carbocycles. The Balaban J connectivity index is 1.65. The number of ether oxygens (including phenoxy) is 1. The van der Waals surface area contributed by atoms with E-state index in [-0.39, 0.29) is 16.9 Å². The highest BCUT2D eigenvalue weighted by Gasteiger charge is 2.29. The summed E-state index contributed by atoms with van der Waals surface area (Å²) in [5.41, 5.74) is 0.547. The molecule has 148 valence electrons. The summed E-state index contributed by atoms with van der Waals surface area (Å²) in [5.74, 6) is 0.201. The first kappa shape index (κ1) is 20.3. The zero-order valence-electron chi connectivity index (χ0n) is 16.5. The second-order valence-corrected chi connectivity index (χ2v) is 9.43. The highest BCUT2D eigenvalue weighted by Crippen LogP contribution is 2.31. The van der Waals surface area contributed by atoms with Crippen LogP contribution in [0.15, 0.2) is 129 Å². The van der Waals surface area contributed by atoms with Gasteiger partial charge < -0.3 is 4.74 Å². The van der Waals surface area contributed by atoms with Gasteiger partial charge in [0.05, 0.1) is 16.5 Å². The number of carbonyl (C=O) groups is 1. The van der Waals surface area contributed by atoms with Crippen molar-refractivity contribution in [3.8, 4) is 5.75 Å². The maximum absolute atomic E-state index is 12.8. The van der Waals surface area contributed by atoms with E-state index >= 15 is 0 Å². The molecular formula is C26H21O2S2+. The molecular weight excluding hydrogens is 408 g/mol. The van der Waals surface area contributed by atoms with Crippen molar-refractivity contribution >= 4 is 28.6 Å². The molecule has 0 spiro atoms. The number of benzene rings is 4. The van der Waals surface area contributed by atoms with E-state index in [0.717, 1.165) is 9.79 Å². The van der Waals surface area contributed by atoms with Crippen molar-refractivity contribution in [1.29, 1.82) is 0 Å². The molecule has 0 atom stereocenters. The number of hydrogen-bond acceptors (Lipinski definition) is 3. The standard InChI is InChI=1S/C26H21O2S2/c1-29-22-17-15-21(16-18-22)28-26(27)20-9-8-14-25(19-20)30(23-10-4-2-5-11-23)24-12-6-3-7-13-24/h2-19H,1H3/q+1. The third-order valence-corrected chi connectivity index (χ3v) is 7.49. The number of esters is 1. The second-order valence-electron chi connectivity index (χ2n) is 6.53. The zero-order valence-corrected chi connectivity index (χ0v) is 18.2. The van der Waals surface area contributed by atoms with Crippen molar-refractivity contribution in [2.75, 3.05) is 6.26 Å². The van der Waals surface area contributed by atoms with E-state index in [1.165, 1.54) is 9.79 Å². The van der Waals surface area contributed by atoms with Gasteiger partial charge in [0, 0.05) is 11.0 Å². The molecule has 0 aromatic heterocycles. The first-order chi connectivity index (χ1) is 14.7. The average Bonchev–Trinajstić information content (AvgIpc) is 2.81. The summed E-state index contributed by atoms with van der Waals surface area (Å²) in [7, 11) is -0.303. The maximum Gasteiger partial charge on any atom is 0.343 e. The highest BCUT2D eigenvalue weighted by molar-refractivity contribution is 7.98. The van der Waals surface area contributed by atoms with Crippen LogP contribution in [0.25, 0.3) is 0 Å². The van der Waals surface area contributed by atoms with Gasteiger partial charge in [-0.2, -0.15) is 0 Å². The lowest BCUT2D eigenvalue weighted by Crippen LogP contribution is -2.10. The van der Waals surface area contributed by atoms with Crippen LogP contribution < -0.4 is 4.74 Å². The number of rotatable bonds is 6. The summed E-state index contributed by atoms with van der Waals surface area (Å²) >= 11 is 1.65. The van der Waals surface area contributed by atoms with Gasteiger partial charge in [0.15, 0.2) is 14.7 Å². The third kappa shape index (κ3) is 4.78. The minimum absolute atomic E-state index is 0.303. The molecule has 0 N–H and O–H groups in total. The molecule has 4 heteroatoms. The lowest BCUT2D eigenvalue weighted by Gasteiger charge is -2.09. The summed E-state index contributed by atoms with van der Waals surface area (Å²) in [6.07, 6.45) is 2.02. The van der Waals surface area contributed by atoms with Crippen LogP contribution in [0, 0.1) is 0 Å². The van der Waals surface area contributed by atoms with E-state index in [1.807, 2.05) is 54.8 Å². The van der Waals surface area contributed by atoms with Crippen molar-refractivity contribution < 1.29 is 9.53 Å². The van der Waals surface area contributed by atoms with Crippen molar-refractivity contribution in [2.24, 2.45) is 0 Å². The first-order valence-corrected chi connectivity index (χ1v) is 12.0. The molecule has 4 aromatic carbocycles. The molecule has 4 aromatic rings. The lowest BCUT2D eigenvalue weighted by atomic mass is 10.2. The Labute approximate surface area is 184 Å². The van der Waals surface area contributed by atoms with Crippen LogP contribution in [0.1, 0.15) is 10.4 Å². The largest absolute Gasteiger partial charge is 0.423 e. The van der Waals surface area contributed by atoms with Crippen molar-refractivity contribution in [2.45, 2.75) is 19.6 Å². The van der Waals surface area contributed by atoms with E-state index in [1.54, 1.807) is 17.8 Å². The van der Waals surface area contributed by atoms with E-state index < -0.39 is 0 Å². The zero-order chi connectivity index (χ0) is 20.8. The fraction of sp³-hybridized carbons (Fsp3) is 0.0385. The van der Waals surface area contributed by atoms with Crippen molar-refractivity contribution in [3.05, 3.63) is 115 Å². The average molecular weight is 430 g/mol. The monoisotopic (exact) mass is 429 g/mol. The molecule has 0 aliphatic carbocycles. The van der Waals surface area contributed by atoms with Crippen LogP contribution in [0.2, 0.25) is 0 Å². The molecule has 0 radical (unpaired) electrons. The lowest BCUT2D eigenvalue weighted by molar-refractivity contribution is 0.0734. The van der Waals surface area contributed by atoms with E-state index in [2.05, 4.69) is 54.6 Å². The van der Waals surface area contributed by atoms with Gasteiger partial charge >= 0.3 is 5.97 Å². The van der Waals surface area contributed by atoms with Gasteiger partial charge in [-0.05, 0) is 66.9 Å². The molecule has 0 unspecified atom stereocenters. The maximum atomic E-state index is 12.8. The predicted octanol–water partition coefficient (Wildman–Crippen LogP) is 6.72. The van der Waals surface area contributed by atoms with Gasteiger partial charge in [-0.25, -0.2) is 4.79 Å². The van der Waals surface area contributed by atoms with Crippen LogP contribution in [-0.2, 0) is 10.9 Å². The SMILES string of the molecule is CSc1ccc(OC(=O)c2cccc([S+](c3ccccc3)c3ccccc3)c2)cc1. The molecule has 2 nitrogen and oxygen atoms in total. The number of carbonyl (C=O) groups excluding carboxylic acids is 1. The molecule has 30 heavy (non-hydrogen) atoms. The van der Waals surface area contributed by atoms with Crippen molar-refractivity contribution in [1.82, 2.24) is 0 Å². The molecule has 0 bridgehead atoms. The Morgan fingerprint density at radius 1 is 0.700 bits per heavy atom. The summed E-state index contributed by atoms with van der Waals surface area (Å²) < 4.78 is 5.60. The molecule has 0 fully saturated rings. The molecule has 0 aliphatic heterocycles. The molecule has 0 heterocycles. The van der Waals surface area contributed by atoms with E-state index in [9.17, 15) is 4.79 Å². The van der Waals surface area contributed by atoms with Gasteiger partial charge in [-0.3, -0.25) is 0 Å². The van der Waals surface area contributed by atoms with E-state index in [0.29, 0.717) is 11.3 Å². The smallest absolute Gasteiger partial charge is 0.343 e. The van der Waals surface area contributed by atoms with Crippen LogP contribution in [0.4, 0.5) is 0 Å². The Bertz CT molecular complexity index is 1070. The summed E-state index contributed by atoms with van der Waals surface area (Å²) in [4.78, 5) is 17.4. The Kier molecular flexibility index (Phi) is 6.57. The first-order valence-electron chi connectivity index (χ1n) is 9.55. The summed E-state index contributed by atoms with van der Waals surface area (Å²) in [6.45, 7) is 0. The molecule has 4 rings (SSSR count). The Morgan fingerprint density at radius 3 is 1.83 bits per heavy atom. The topological polar surface area (TPSA) is 26.3 Å². The van der Waals surface area contributed by atoms with Crippen LogP contribution >= 0.6 is 11.8 Å². The van der Waals surface area contributed by atoms with Gasteiger partial charge in [-0.1, -0.05) is 42.5 Å². The second kappa shape index (κ2) is 9.70. The fourth-order valence-electron chi connectivity index (χ4n) is 3.08. The molecule has 0 aliphatic rings. The number of thioether (sulfide) groups is 1. The highest BCUT2D eigenvalue weighted by atomic mass is 32.2.